The number of aromatic amines is 1. The number of aryl methyl sites for hydroxylation is 1. The van der Waals surface area contributed by atoms with Crippen LogP contribution in [0.1, 0.15) is 11.4 Å². The number of nitrogens with one attached hydrogen (secondary N) is 2. The molecule has 0 saturated heterocycles. The Morgan fingerprint density at radius 3 is 2.95 bits per heavy atom. The van der Waals surface area contributed by atoms with Gasteiger partial charge in [-0.1, -0.05) is 0 Å². The van der Waals surface area contributed by atoms with Crippen LogP contribution in [-0.2, 0) is 30.1 Å². The van der Waals surface area contributed by atoms with Gasteiger partial charge in [0.05, 0.1) is 12.8 Å². The van der Waals surface area contributed by atoms with Crippen LogP contribution in [0.4, 0.5) is 0 Å². The molecule has 2 heterocycles. The van der Waals surface area contributed by atoms with Crippen LogP contribution in [0.15, 0.2) is 17.6 Å². The first-order chi connectivity index (χ1) is 9.03. The highest BCUT2D eigenvalue weighted by atomic mass is 32.2. The Kier molecular flexibility index (Phi) is 3.93. The Bertz CT molecular complexity index is 646. The molecule has 10 heteroatoms. The highest BCUT2D eigenvalue weighted by Crippen LogP contribution is 2.11. The second-order valence-electron chi connectivity index (χ2n) is 3.86. The molecule has 0 aliphatic carbocycles. The summed E-state index contributed by atoms with van der Waals surface area (Å²) in [6, 6.07) is 0. The topological polar surface area (TPSA) is 126 Å². The maximum absolute atomic E-state index is 11.9. The highest BCUT2D eigenvalue weighted by Gasteiger charge is 2.19. The van der Waals surface area contributed by atoms with E-state index in [-0.39, 0.29) is 17.1 Å². The van der Waals surface area contributed by atoms with E-state index >= 15 is 0 Å². The van der Waals surface area contributed by atoms with E-state index in [1.54, 1.807) is 18.1 Å². The van der Waals surface area contributed by atoms with Gasteiger partial charge in [-0.25, -0.2) is 18.1 Å². The van der Waals surface area contributed by atoms with Crippen LogP contribution in [0.5, 0.6) is 0 Å². The predicted octanol–water partition coefficient (Wildman–Crippen LogP) is -1.45. The molecule has 0 saturated carbocycles. The minimum atomic E-state index is -3.71. The predicted molar refractivity (Wildman–Crippen MR) is 64.4 cm³/mol. The van der Waals surface area contributed by atoms with Gasteiger partial charge in [0, 0.05) is 25.6 Å². The summed E-state index contributed by atoms with van der Waals surface area (Å²) < 4.78 is 27.8. The molecule has 0 atom stereocenters. The van der Waals surface area contributed by atoms with Crippen LogP contribution in [-0.4, -0.2) is 45.0 Å². The van der Waals surface area contributed by atoms with Gasteiger partial charge in [0.1, 0.15) is 6.33 Å². The van der Waals surface area contributed by atoms with Gasteiger partial charge < -0.3 is 5.11 Å². The van der Waals surface area contributed by atoms with Crippen molar-refractivity contribution in [3.05, 3.63) is 23.9 Å². The second kappa shape index (κ2) is 5.47. The van der Waals surface area contributed by atoms with Crippen LogP contribution < -0.4 is 4.72 Å². The van der Waals surface area contributed by atoms with Crippen LogP contribution in [0.2, 0.25) is 0 Å². The first-order valence-corrected chi connectivity index (χ1v) is 6.98. The average molecular weight is 286 g/mol. The lowest BCUT2D eigenvalue weighted by Gasteiger charge is -2.04. The third kappa shape index (κ3) is 3.16. The van der Waals surface area contributed by atoms with Gasteiger partial charge in [0.2, 0.25) is 0 Å². The summed E-state index contributed by atoms with van der Waals surface area (Å²) in [6.07, 6.45) is 3.19. The quantitative estimate of drug-likeness (QED) is 0.596. The van der Waals surface area contributed by atoms with Gasteiger partial charge in [-0.05, 0) is 0 Å². The van der Waals surface area contributed by atoms with Gasteiger partial charge in [0.15, 0.2) is 10.9 Å². The molecule has 0 aromatic carbocycles. The largest absolute Gasteiger partial charge is 0.392 e. The molecule has 0 amide bonds. The molecule has 2 aromatic rings. The van der Waals surface area contributed by atoms with Crippen LogP contribution in [0.3, 0.4) is 0 Å². The summed E-state index contributed by atoms with van der Waals surface area (Å²) in [6.45, 7) is -0.231. The zero-order valence-electron chi connectivity index (χ0n) is 10.2. The van der Waals surface area contributed by atoms with E-state index < -0.39 is 16.6 Å². The molecule has 9 nitrogen and oxygen atoms in total. The number of nitrogens with zero attached hydrogens (tertiary/aromatic N) is 4. The molecular formula is C9H14N6O3S. The summed E-state index contributed by atoms with van der Waals surface area (Å²) in [4.78, 5) is 3.99. The Balaban J connectivity index is 1.98. The number of hydrogen-bond acceptors (Lipinski definition) is 6. The zero-order valence-corrected chi connectivity index (χ0v) is 11.1. The molecule has 19 heavy (non-hydrogen) atoms. The van der Waals surface area contributed by atoms with Crippen molar-refractivity contribution in [2.24, 2.45) is 7.05 Å². The molecule has 2 aromatic heterocycles. The molecule has 0 aliphatic rings. The van der Waals surface area contributed by atoms with Crippen molar-refractivity contribution >= 4 is 10.0 Å². The summed E-state index contributed by atoms with van der Waals surface area (Å²) in [5.74, 6) is 0.553. The molecule has 3 N–H and O–H groups in total. The summed E-state index contributed by atoms with van der Waals surface area (Å²) in [5, 5.41) is 18.9. The van der Waals surface area contributed by atoms with Crippen molar-refractivity contribution in [1.29, 1.82) is 0 Å². The van der Waals surface area contributed by atoms with Crippen molar-refractivity contribution in [1.82, 2.24) is 29.7 Å². The smallest absolute Gasteiger partial charge is 0.257 e. The Hall–Kier alpha value is -1.78. The lowest BCUT2D eigenvalue weighted by atomic mass is 10.4. The molecular weight excluding hydrogens is 272 g/mol. The van der Waals surface area contributed by atoms with E-state index in [2.05, 4.69) is 25.0 Å². The molecule has 0 bridgehead atoms. The monoisotopic (exact) mass is 286 g/mol. The molecule has 2 rings (SSSR count). The molecule has 0 spiro atoms. The van der Waals surface area contributed by atoms with E-state index in [0.717, 1.165) is 0 Å². The van der Waals surface area contributed by atoms with Crippen LogP contribution >= 0.6 is 0 Å². The molecule has 104 valence electrons. The highest BCUT2D eigenvalue weighted by molar-refractivity contribution is 7.89. The van der Waals surface area contributed by atoms with Crippen molar-refractivity contribution in [2.45, 2.75) is 18.1 Å². The normalized spacial score (nSPS) is 11.9. The summed E-state index contributed by atoms with van der Waals surface area (Å²) in [7, 11) is -1.98. The minimum absolute atomic E-state index is 0.121. The van der Waals surface area contributed by atoms with E-state index in [9.17, 15) is 8.42 Å². The van der Waals surface area contributed by atoms with Crippen molar-refractivity contribution in [3.8, 4) is 0 Å². The van der Waals surface area contributed by atoms with E-state index in [1.807, 2.05) is 0 Å². The van der Waals surface area contributed by atoms with Gasteiger partial charge in [-0.3, -0.25) is 9.78 Å². The van der Waals surface area contributed by atoms with E-state index in [4.69, 9.17) is 5.11 Å². The van der Waals surface area contributed by atoms with Crippen LogP contribution in [0, 0.1) is 0 Å². The Labute approximate surface area is 109 Å². The van der Waals surface area contributed by atoms with E-state index in [1.165, 1.54) is 6.20 Å². The first kappa shape index (κ1) is 13.6. The molecule has 0 unspecified atom stereocenters. The van der Waals surface area contributed by atoms with Crippen molar-refractivity contribution < 1.29 is 13.5 Å². The third-order valence-corrected chi connectivity index (χ3v) is 3.88. The summed E-state index contributed by atoms with van der Waals surface area (Å²) in [5.41, 5.74) is 0.225. The maximum atomic E-state index is 11.9. The molecule has 0 radical (unpaired) electrons. The number of H-pyrrole nitrogens is 1. The average Bonchev–Trinajstić information content (AvgIpc) is 2.97. The molecule has 0 aliphatic heterocycles. The third-order valence-electron chi connectivity index (χ3n) is 2.40. The summed E-state index contributed by atoms with van der Waals surface area (Å²) >= 11 is 0. The number of rotatable bonds is 6. The van der Waals surface area contributed by atoms with Crippen molar-refractivity contribution in [2.75, 3.05) is 6.54 Å². The fraction of sp³-hybridized carbons (Fsp3) is 0.444. The van der Waals surface area contributed by atoms with E-state index in [0.29, 0.717) is 12.2 Å². The SMILES string of the molecule is Cn1cnc(CCNS(=O)(=O)c2[nH]ncc2CO)n1. The molecule has 0 fully saturated rings. The van der Waals surface area contributed by atoms with Gasteiger partial charge in [-0.15, -0.1) is 0 Å². The van der Waals surface area contributed by atoms with Crippen LogP contribution in [0.25, 0.3) is 0 Å². The fourth-order valence-corrected chi connectivity index (χ4v) is 2.66. The minimum Gasteiger partial charge on any atom is -0.392 e. The zero-order chi connectivity index (χ0) is 13.9. The number of aliphatic hydroxyl groups excluding tert-OH is 1. The van der Waals surface area contributed by atoms with Gasteiger partial charge in [-0.2, -0.15) is 10.2 Å². The van der Waals surface area contributed by atoms with Gasteiger partial charge in [0.25, 0.3) is 10.0 Å². The Morgan fingerprint density at radius 1 is 1.53 bits per heavy atom. The Morgan fingerprint density at radius 2 is 2.32 bits per heavy atom. The number of aromatic nitrogens is 5. The number of aliphatic hydroxyl groups is 1. The second-order valence-corrected chi connectivity index (χ2v) is 5.57. The lowest BCUT2D eigenvalue weighted by molar-refractivity contribution is 0.278. The fourth-order valence-electron chi connectivity index (χ4n) is 1.51. The first-order valence-electron chi connectivity index (χ1n) is 5.50. The standard InChI is InChI=1S/C9H14N6O3S/c1-15-6-10-8(14-15)2-3-12-19(17,18)9-7(5-16)4-11-13-9/h4,6,12,16H,2-3,5H2,1H3,(H,11,13). The number of sulfonamides is 1. The van der Waals surface area contributed by atoms with Gasteiger partial charge >= 0.3 is 0 Å². The van der Waals surface area contributed by atoms with Crippen molar-refractivity contribution in [3.63, 3.8) is 0 Å². The number of hydrogen-bond donors (Lipinski definition) is 3. The lowest BCUT2D eigenvalue weighted by Crippen LogP contribution is -2.27. The maximum Gasteiger partial charge on any atom is 0.257 e.